The van der Waals surface area contributed by atoms with Gasteiger partial charge in [-0.15, -0.1) is 26.3 Å². The van der Waals surface area contributed by atoms with E-state index >= 15 is 0 Å². The number of halogens is 6. The largest absolute Gasteiger partial charge is 0.573 e. The van der Waals surface area contributed by atoms with Crippen molar-refractivity contribution in [3.63, 3.8) is 0 Å². The molecule has 0 atom stereocenters. The van der Waals surface area contributed by atoms with E-state index in [0.29, 0.717) is 22.2 Å². The van der Waals surface area contributed by atoms with E-state index in [4.69, 9.17) is 0 Å². The van der Waals surface area contributed by atoms with Crippen LogP contribution >= 0.6 is 0 Å². The molecule has 0 fully saturated rings. The number of alkyl halides is 6. The zero-order valence-corrected chi connectivity index (χ0v) is 16.5. The molecule has 11 heteroatoms. The summed E-state index contributed by atoms with van der Waals surface area (Å²) in [6.07, 6.45) is -9.71. The number of ketones is 1. The van der Waals surface area contributed by atoms with Gasteiger partial charge in [0.05, 0.1) is 22.2 Å². The summed E-state index contributed by atoms with van der Waals surface area (Å²) in [7, 11) is 0. The van der Waals surface area contributed by atoms with E-state index < -0.39 is 30.0 Å². The quantitative estimate of drug-likeness (QED) is 0.280. The molecule has 4 aromatic rings. The van der Waals surface area contributed by atoms with Gasteiger partial charge >= 0.3 is 12.7 Å². The first-order valence-corrected chi connectivity index (χ1v) is 9.13. The van der Waals surface area contributed by atoms with E-state index in [0.717, 1.165) is 24.3 Å². The van der Waals surface area contributed by atoms with Gasteiger partial charge in [-0.05, 0) is 38.1 Å². The molecule has 0 bridgehead atoms. The van der Waals surface area contributed by atoms with Crippen LogP contribution in [0.3, 0.4) is 0 Å². The first kappa shape index (κ1) is 21.6. The number of aryl methyl sites for hydroxylation is 2. The van der Waals surface area contributed by atoms with Crippen molar-refractivity contribution in [3.8, 4) is 11.5 Å². The summed E-state index contributed by atoms with van der Waals surface area (Å²) in [4.78, 5) is 19.2. The number of fused-ring (bicyclic) bond motifs is 2. The molecule has 0 aliphatic carbocycles. The van der Waals surface area contributed by atoms with Crippen LogP contribution in [0.4, 0.5) is 26.3 Å². The molecule has 168 valence electrons. The second-order valence-electron chi connectivity index (χ2n) is 7.09. The third-order valence-corrected chi connectivity index (χ3v) is 4.84. The van der Waals surface area contributed by atoms with Gasteiger partial charge in [0.25, 0.3) is 0 Å². The van der Waals surface area contributed by atoms with Crippen molar-refractivity contribution < 1.29 is 40.6 Å². The molecule has 2 aromatic carbocycles. The normalized spacial score (nSPS) is 12.5. The Morgan fingerprint density at radius 2 is 1.09 bits per heavy atom. The predicted octanol–water partition coefficient (Wildman–Crippen LogP) is 6.29. The summed E-state index contributed by atoms with van der Waals surface area (Å²) in [6, 6.07) is 7.15. The molecular weight excluding hydrogens is 442 g/mol. The van der Waals surface area contributed by atoms with Gasteiger partial charge in [0.1, 0.15) is 11.5 Å². The number of nitrogens with one attached hydrogen (secondary N) is 2. The van der Waals surface area contributed by atoms with Crippen LogP contribution in [0.5, 0.6) is 11.5 Å². The fourth-order valence-electron chi connectivity index (χ4n) is 3.73. The highest BCUT2D eigenvalue weighted by molar-refractivity contribution is 6.23. The lowest BCUT2D eigenvalue weighted by atomic mass is 9.98. The molecule has 0 aliphatic rings. The minimum atomic E-state index is -4.86. The molecule has 0 unspecified atom stereocenters. The van der Waals surface area contributed by atoms with E-state index in [-0.39, 0.29) is 22.2 Å². The van der Waals surface area contributed by atoms with Crippen LogP contribution in [0.15, 0.2) is 36.4 Å². The lowest BCUT2D eigenvalue weighted by molar-refractivity contribution is -0.275. The molecular formula is C21H14F6N2O3. The van der Waals surface area contributed by atoms with Gasteiger partial charge in [-0.25, -0.2) is 0 Å². The number of rotatable bonds is 4. The van der Waals surface area contributed by atoms with E-state index in [9.17, 15) is 31.1 Å². The maximum Gasteiger partial charge on any atom is 0.573 e. The number of H-pyrrole nitrogens is 2. The molecule has 4 rings (SSSR count). The smallest absolute Gasteiger partial charge is 0.406 e. The number of carbonyl (C=O) groups excluding carboxylic acids is 1. The van der Waals surface area contributed by atoms with Gasteiger partial charge in [-0.2, -0.15) is 0 Å². The molecule has 2 N–H and O–H groups in total. The minimum absolute atomic E-state index is 0.234. The number of aromatic nitrogens is 2. The van der Waals surface area contributed by atoms with Crippen molar-refractivity contribution in [2.75, 3.05) is 0 Å². The lowest BCUT2D eigenvalue weighted by Gasteiger charge is -2.09. The van der Waals surface area contributed by atoms with Gasteiger partial charge in [-0.3, -0.25) is 4.79 Å². The van der Waals surface area contributed by atoms with Crippen LogP contribution in [-0.2, 0) is 0 Å². The van der Waals surface area contributed by atoms with E-state index in [2.05, 4.69) is 19.4 Å². The van der Waals surface area contributed by atoms with Crippen molar-refractivity contribution in [2.45, 2.75) is 26.6 Å². The Morgan fingerprint density at radius 1 is 0.719 bits per heavy atom. The highest BCUT2D eigenvalue weighted by Gasteiger charge is 2.32. The third-order valence-electron chi connectivity index (χ3n) is 4.84. The second-order valence-corrected chi connectivity index (χ2v) is 7.09. The molecule has 0 aliphatic heterocycles. The van der Waals surface area contributed by atoms with E-state index in [1.54, 1.807) is 13.8 Å². The monoisotopic (exact) mass is 456 g/mol. The summed E-state index contributed by atoms with van der Waals surface area (Å²) in [5.74, 6) is -1.32. The third kappa shape index (κ3) is 4.10. The van der Waals surface area contributed by atoms with Crippen molar-refractivity contribution in [2.24, 2.45) is 0 Å². The zero-order valence-electron chi connectivity index (χ0n) is 16.5. The fourth-order valence-corrected chi connectivity index (χ4v) is 3.73. The average Bonchev–Trinajstić information content (AvgIpc) is 3.12. The van der Waals surface area contributed by atoms with Gasteiger partial charge < -0.3 is 19.4 Å². The first-order chi connectivity index (χ1) is 14.8. The standard InChI is InChI=1S/C21H14F6N2O3/c1-9-17(13-5-3-11(7-15(13)28-9)31-20(22,23)24)19(30)18-10(2)29-16-8-12(4-6-14(16)18)32-21(25,26)27/h3-8,28-29H,1-2H3. The maximum absolute atomic E-state index is 13.4. The summed E-state index contributed by atoms with van der Waals surface area (Å²) in [5.41, 5.74) is 1.84. The van der Waals surface area contributed by atoms with Crippen LogP contribution in [0.25, 0.3) is 21.8 Å². The second kappa shape index (κ2) is 7.21. The Balaban J connectivity index is 1.77. The molecule has 32 heavy (non-hydrogen) atoms. The molecule has 5 nitrogen and oxygen atoms in total. The van der Waals surface area contributed by atoms with Gasteiger partial charge in [-0.1, -0.05) is 0 Å². The van der Waals surface area contributed by atoms with Crippen molar-refractivity contribution in [1.82, 2.24) is 9.97 Å². The molecule has 2 aromatic heterocycles. The zero-order chi connectivity index (χ0) is 23.4. The Bertz CT molecular complexity index is 1250. The average molecular weight is 456 g/mol. The van der Waals surface area contributed by atoms with Crippen LogP contribution in [-0.4, -0.2) is 28.5 Å². The predicted molar refractivity (Wildman–Crippen MR) is 103 cm³/mol. The van der Waals surface area contributed by atoms with Crippen LogP contribution < -0.4 is 9.47 Å². The van der Waals surface area contributed by atoms with Gasteiger partial charge in [0.15, 0.2) is 5.78 Å². The number of hydrogen-bond donors (Lipinski definition) is 2. The summed E-state index contributed by atoms with van der Waals surface area (Å²) < 4.78 is 82.8. The first-order valence-electron chi connectivity index (χ1n) is 9.13. The lowest BCUT2D eigenvalue weighted by Crippen LogP contribution is -2.17. The van der Waals surface area contributed by atoms with Crippen LogP contribution in [0.2, 0.25) is 0 Å². The van der Waals surface area contributed by atoms with Gasteiger partial charge in [0, 0.05) is 34.3 Å². The molecule has 0 saturated carbocycles. The molecule has 2 heterocycles. The molecule has 0 radical (unpaired) electrons. The van der Waals surface area contributed by atoms with Crippen molar-refractivity contribution in [3.05, 3.63) is 58.9 Å². The molecule has 0 saturated heterocycles. The highest BCUT2D eigenvalue weighted by Crippen LogP contribution is 2.34. The van der Waals surface area contributed by atoms with E-state index in [1.807, 2.05) is 0 Å². The number of carbonyl (C=O) groups is 1. The Morgan fingerprint density at radius 3 is 1.44 bits per heavy atom. The SMILES string of the molecule is Cc1[nH]c2cc(OC(F)(F)F)ccc2c1C(=O)c1c(C)[nH]c2cc(OC(F)(F)F)ccc12. The summed E-state index contributed by atoms with van der Waals surface area (Å²) in [5, 5.41) is 0.764. The Kier molecular flexibility index (Phi) is 4.87. The summed E-state index contributed by atoms with van der Waals surface area (Å²) in [6.45, 7) is 3.19. The maximum atomic E-state index is 13.4. The highest BCUT2D eigenvalue weighted by atomic mass is 19.4. The van der Waals surface area contributed by atoms with Crippen molar-refractivity contribution >= 4 is 27.6 Å². The number of aromatic amines is 2. The fraction of sp³-hybridized carbons (Fsp3) is 0.190. The number of hydrogen-bond acceptors (Lipinski definition) is 3. The van der Waals surface area contributed by atoms with Crippen LogP contribution in [0, 0.1) is 13.8 Å². The Labute approximate surface area is 175 Å². The summed E-state index contributed by atoms with van der Waals surface area (Å²) >= 11 is 0. The van der Waals surface area contributed by atoms with Gasteiger partial charge in [0.2, 0.25) is 0 Å². The Hall–Kier alpha value is -3.63. The number of ether oxygens (including phenoxy) is 2. The minimum Gasteiger partial charge on any atom is -0.406 e. The molecule has 0 spiro atoms. The molecule has 0 amide bonds. The van der Waals surface area contributed by atoms with Crippen molar-refractivity contribution in [1.29, 1.82) is 0 Å². The van der Waals surface area contributed by atoms with Crippen LogP contribution in [0.1, 0.15) is 27.3 Å². The topological polar surface area (TPSA) is 67.1 Å². The van der Waals surface area contributed by atoms with E-state index in [1.165, 1.54) is 12.1 Å². The number of benzene rings is 2.